The second kappa shape index (κ2) is 4.52. The second-order valence-corrected chi connectivity index (χ2v) is 7.10. The van der Waals surface area contributed by atoms with Crippen LogP contribution < -0.4 is 0 Å². The first kappa shape index (κ1) is 13.1. The summed E-state index contributed by atoms with van der Waals surface area (Å²) in [5.41, 5.74) is 0.771. The molecule has 0 bridgehead atoms. The lowest BCUT2D eigenvalue weighted by Crippen LogP contribution is -2.16. The highest BCUT2D eigenvalue weighted by Gasteiger charge is 2.18. The lowest BCUT2D eigenvalue weighted by atomic mass is 10.2. The van der Waals surface area contributed by atoms with Gasteiger partial charge in [-0.3, -0.25) is 4.55 Å². The van der Waals surface area contributed by atoms with Gasteiger partial charge in [0.15, 0.2) is 9.84 Å². The van der Waals surface area contributed by atoms with Crippen molar-refractivity contribution in [3.8, 4) is 0 Å². The van der Waals surface area contributed by atoms with Crippen LogP contribution in [0.1, 0.15) is 5.56 Å². The number of aryl methyl sites for hydroxylation is 1. The molecule has 0 aliphatic heterocycles. The van der Waals surface area contributed by atoms with E-state index in [9.17, 15) is 16.8 Å². The Bertz CT molecular complexity index is 572. The largest absolute Gasteiger partial charge is 0.286 e. The third-order valence-corrected chi connectivity index (χ3v) is 4.65. The van der Waals surface area contributed by atoms with Gasteiger partial charge in [0.05, 0.1) is 16.4 Å². The molecule has 0 amide bonds. The minimum absolute atomic E-state index is 0.0659. The summed E-state index contributed by atoms with van der Waals surface area (Å²) in [7, 11) is -7.91. The molecule has 0 saturated heterocycles. The van der Waals surface area contributed by atoms with E-state index in [4.69, 9.17) is 4.55 Å². The number of sulfone groups is 1. The van der Waals surface area contributed by atoms with E-state index in [0.29, 0.717) is 0 Å². The molecule has 7 heteroatoms. The highest BCUT2D eigenvalue weighted by atomic mass is 32.2. The molecule has 0 aliphatic carbocycles. The zero-order chi connectivity index (χ0) is 12.4. The van der Waals surface area contributed by atoms with Gasteiger partial charge in [0.1, 0.15) is 0 Å². The van der Waals surface area contributed by atoms with Gasteiger partial charge in [-0.15, -0.1) is 0 Å². The highest BCUT2D eigenvalue weighted by Crippen LogP contribution is 2.13. The summed E-state index contributed by atoms with van der Waals surface area (Å²) >= 11 is 0. The standard InChI is InChI=1S/C9H12O5S2/c1-8-3-2-4-9(7-8)15(10,11)5-6-16(12,13)14/h2-4,7H,5-6H2,1H3,(H,12,13,14). The van der Waals surface area contributed by atoms with Gasteiger partial charge in [-0.05, 0) is 24.6 Å². The van der Waals surface area contributed by atoms with Crippen LogP contribution in [-0.4, -0.2) is 32.9 Å². The van der Waals surface area contributed by atoms with Crippen molar-refractivity contribution in [3.05, 3.63) is 29.8 Å². The van der Waals surface area contributed by atoms with Gasteiger partial charge in [0, 0.05) is 0 Å². The van der Waals surface area contributed by atoms with Gasteiger partial charge in [-0.2, -0.15) is 8.42 Å². The normalized spacial score (nSPS) is 12.6. The Morgan fingerprint density at radius 1 is 1.12 bits per heavy atom. The van der Waals surface area contributed by atoms with Crippen LogP contribution in [-0.2, 0) is 20.0 Å². The molecule has 0 unspecified atom stereocenters. The topological polar surface area (TPSA) is 88.5 Å². The molecular formula is C9H12O5S2. The van der Waals surface area contributed by atoms with Crippen LogP contribution in [0.5, 0.6) is 0 Å². The number of hydrogen-bond acceptors (Lipinski definition) is 4. The molecule has 0 atom stereocenters. The van der Waals surface area contributed by atoms with E-state index in [1.54, 1.807) is 19.1 Å². The zero-order valence-corrected chi connectivity index (χ0v) is 10.3. The summed E-state index contributed by atoms with van der Waals surface area (Å²) in [5.74, 6) is -1.40. The van der Waals surface area contributed by atoms with E-state index in [2.05, 4.69) is 0 Å². The lowest BCUT2D eigenvalue weighted by molar-refractivity contribution is 0.484. The van der Waals surface area contributed by atoms with Gasteiger partial charge in [0.2, 0.25) is 0 Å². The summed E-state index contributed by atoms with van der Waals surface area (Å²) in [5, 5.41) is 0. The maximum absolute atomic E-state index is 11.7. The first-order valence-corrected chi connectivity index (χ1v) is 7.71. The summed E-state index contributed by atoms with van der Waals surface area (Å²) in [6.07, 6.45) is 0. The van der Waals surface area contributed by atoms with Crippen molar-refractivity contribution in [2.24, 2.45) is 0 Å². The molecule has 0 spiro atoms. The number of rotatable bonds is 4. The van der Waals surface area contributed by atoms with Crippen molar-refractivity contribution in [2.45, 2.75) is 11.8 Å². The van der Waals surface area contributed by atoms with Crippen LogP contribution in [0.3, 0.4) is 0 Å². The first-order valence-electron chi connectivity index (χ1n) is 4.45. The van der Waals surface area contributed by atoms with Crippen molar-refractivity contribution >= 4 is 20.0 Å². The maximum Gasteiger partial charge on any atom is 0.265 e. The van der Waals surface area contributed by atoms with Crippen LogP contribution in [0, 0.1) is 6.92 Å². The summed E-state index contributed by atoms with van der Waals surface area (Å²) in [6.45, 7) is 1.74. The maximum atomic E-state index is 11.7. The van der Waals surface area contributed by atoms with Gasteiger partial charge >= 0.3 is 0 Å². The molecule has 5 nitrogen and oxygen atoms in total. The average Bonchev–Trinajstić information content (AvgIpc) is 2.14. The first-order chi connectivity index (χ1) is 7.21. The van der Waals surface area contributed by atoms with E-state index in [1.807, 2.05) is 0 Å². The van der Waals surface area contributed by atoms with Crippen molar-refractivity contribution in [1.29, 1.82) is 0 Å². The predicted molar refractivity (Wildman–Crippen MR) is 59.6 cm³/mol. The van der Waals surface area contributed by atoms with Crippen molar-refractivity contribution < 1.29 is 21.4 Å². The van der Waals surface area contributed by atoms with Gasteiger partial charge < -0.3 is 0 Å². The van der Waals surface area contributed by atoms with E-state index < -0.39 is 31.5 Å². The Hall–Kier alpha value is -0.920. The van der Waals surface area contributed by atoms with E-state index in [-0.39, 0.29) is 4.90 Å². The number of benzene rings is 1. The van der Waals surface area contributed by atoms with E-state index in [0.717, 1.165) is 5.56 Å². The van der Waals surface area contributed by atoms with Crippen LogP contribution in [0.4, 0.5) is 0 Å². The SMILES string of the molecule is Cc1cccc(S(=O)(=O)CCS(=O)(=O)O)c1. The third kappa shape index (κ3) is 3.92. The Balaban J connectivity index is 2.95. The van der Waals surface area contributed by atoms with Crippen LogP contribution in [0.25, 0.3) is 0 Å². The Morgan fingerprint density at radius 3 is 2.25 bits per heavy atom. The van der Waals surface area contributed by atoms with Crippen LogP contribution >= 0.6 is 0 Å². The quantitative estimate of drug-likeness (QED) is 0.807. The molecule has 0 fully saturated rings. The smallest absolute Gasteiger partial charge is 0.265 e. The molecule has 1 rings (SSSR count). The summed E-state index contributed by atoms with van der Waals surface area (Å²) in [6, 6.07) is 6.17. The highest BCUT2D eigenvalue weighted by molar-refractivity contribution is 7.93. The fourth-order valence-electron chi connectivity index (χ4n) is 1.14. The van der Waals surface area contributed by atoms with E-state index >= 15 is 0 Å². The Labute approximate surface area is 94.8 Å². The summed E-state index contributed by atoms with van der Waals surface area (Å²) in [4.78, 5) is 0.0659. The molecule has 16 heavy (non-hydrogen) atoms. The molecule has 0 aliphatic rings. The van der Waals surface area contributed by atoms with Crippen molar-refractivity contribution in [3.63, 3.8) is 0 Å². The third-order valence-electron chi connectivity index (χ3n) is 1.96. The van der Waals surface area contributed by atoms with Gasteiger partial charge in [-0.25, -0.2) is 8.42 Å². The van der Waals surface area contributed by atoms with Gasteiger partial charge in [0.25, 0.3) is 10.1 Å². The lowest BCUT2D eigenvalue weighted by Gasteiger charge is -2.03. The monoisotopic (exact) mass is 264 g/mol. The zero-order valence-electron chi connectivity index (χ0n) is 8.62. The fraction of sp³-hybridized carbons (Fsp3) is 0.333. The molecule has 0 saturated carbocycles. The Kier molecular flexibility index (Phi) is 3.72. The summed E-state index contributed by atoms with van der Waals surface area (Å²) < 4.78 is 52.7. The van der Waals surface area contributed by atoms with Gasteiger partial charge in [-0.1, -0.05) is 12.1 Å². The average molecular weight is 264 g/mol. The predicted octanol–water partition coefficient (Wildman–Crippen LogP) is 0.657. The molecule has 90 valence electrons. The molecule has 1 aromatic rings. The molecule has 0 aromatic heterocycles. The van der Waals surface area contributed by atoms with Crippen LogP contribution in [0.15, 0.2) is 29.2 Å². The van der Waals surface area contributed by atoms with Crippen molar-refractivity contribution in [1.82, 2.24) is 0 Å². The molecular weight excluding hydrogens is 252 g/mol. The fourth-order valence-corrected chi connectivity index (χ4v) is 3.75. The number of hydrogen-bond donors (Lipinski definition) is 1. The Morgan fingerprint density at radius 2 is 1.75 bits per heavy atom. The second-order valence-electron chi connectivity index (χ2n) is 3.42. The van der Waals surface area contributed by atoms with Crippen molar-refractivity contribution in [2.75, 3.05) is 11.5 Å². The van der Waals surface area contributed by atoms with Crippen LogP contribution in [0.2, 0.25) is 0 Å². The molecule has 0 heterocycles. The molecule has 1 aromatic carbocycles. The minimum Gasteiger partial charge on any atom is -0.286 e. The minimum atomic E-state index is -4.25. The molecule has 1 N–H and O–H groups in total. The van der Waals surface area contributed by atoms with E-state index in [1.165, 1.54) is 12.1 Å². The molecule has 0 radical (unpaired) electrons.